The van der Waals surface area contributed by atoms with Gasteiger partial charge in [0.25, 0.3) is 5.91 Å². The number of benzene rings is 3. The van der Waals surface area contributed by atoms with Gasteiger partial charge in [0, 0.05) is 16.8 Å². The van der Waals surface area contributed by atoms with E-state index < -0.39 is 17.6 Å². The molecule has 0 saturated carbocycles. The molecule has 0 bridgehead atoms. The molecule has 1 N–H and O–H groups in total. The van der Waals surface area contributed by atoms with Crippen LogP contribution in [0, 0.1) is 0 Å². The lowest BCUT2D eigenvalue weighted by Crippen LogP contribution is -2.13. The lowest BCUT2D eigenvalue weighted by atomic mass is 10.1. The van der Waals surface area contributed by atoms with Crippen LogP contribution in [-0.2, 0) is 6.18 Å². The maximum Gasteiger partial charge on any atom is 0.416 e. The van der Waals surface area contributed by atoms with Gasteiger partial charge >= 0.3 is 6.18 Å². The van der Waals surface area contributed by atoms with E-state index in [1.54, 1.807) is 49.7 Å². The van der Waals surface area contributed by atoms with Crippen LogP contribution < -0.4 is 10.1 Å². The van der Waals surface area contributed by atoms with Gasteiger partial charge in [-0.25, -0.2) is 4.98 Å². The molecule has 1 heterocycles. The molecule has 8 heteroatoms. The third kappa shape index (κ3) is 4.49. The van der Waals surface area contributed by atoms with Crippen molar-refractivity contribution >= 4 is 11.6 Å². The molecule has 0 aliphatic carbocycles. The molecule has 0 atom stereocenters. The maximum atomic E-state index is 12.8. The Labute approximate surface area is 181 Å². The van der Waals surface area contributed by atoms with E-state index in [0.717, 1.165) is 17.7 Å². The Kier molecular flexibility index (Phi) is 5.68. The van der Waals surface area contributed by atoms with Crippen LogP contribution in [-0.4, -0.2) is 18.0 Å². The number of hydrogen-bond acceptors (Lipinski definition) is 4. The van der Waals surface area contributed by atoms with Crippen molar-refractivity contribution in [3.05, 3.63) is 90.1 Å². The van der Waals surface area contributed by atoms with Crippen molar-refractivity contribution in [2.45, 2.75) is 6.18 Å². The molecule has 4 aromatic rings. The molecule has 1 aromatic heterocycles. The number of halogens is 3. The fourth-order valence-electron chi connectivity index (χ4n) is 3.10. The summed E-state index contributed by atoms with van der Waals surface area (Å²) in [6.07, 6.45) is -2.89. The summed E-state index contributed by atoms with van der Waals surface area (Å²) in [5.41, 5.74) is 0.967. The zero-order valence-electron chi connectivity index (χ0n) is 16.8. The van der Waals surface area contributed by atoms with E-state index in [-0.39, 0.29) is 17.1 Å². The molecule has 4 rings (SSSR count). The smallest absolute Gasteiger partial charge is 0.416 e. The number of nitrogens with one attached hydrogen (secondary N) is 1. The van der Waals surface area contributed by atoms with Crippen molar-refractivity contribution in [2.24, 2.45) is 0 Å². The van der Waals surface area contributed by atoms with Crippen molar-refractivity contribution in [1.82, 2.24) is 4.98 Å². The number of hydrogen-bond donors (Lipinski definition) is 1. The highest BCUT2D eigenvalue weighted by atomic mass is 19.4. The lowest BCUT2D eigenvalue weighted by Gasteiger charge is -2.10. The van der Waals surface area contributed by atoms with Gasteiger partial charge in [-0.2, -0.15) is 13.2 Å². The first kappa shape index (κ1) is 21.2. The van der Waals surface area contributed by atoms with Gasteiger partial charge in [-0.15, -0.1) is 0 Å². The Morgan fingerprint density at radius 3 is 2.31 bits per heavy atom. The average molecular weight is 438 g/mol. The standard InChI is InChI=1S/C24H17F3N2O3/c1-31-18-12-6-15(7-13-18)21-14-28-23(32-21)20-5-3-2-4-19(20)22(30)29-17-10-8-16(9-11-17)24(25,26)27/h2-14H,1H3,(H,29,30). The summed E-state index contributed by atoms with van der Waals surface area (Å²) in [5, 5.41) is 2.61. The van der Waals surface area contributed by atoms with Gasteiger partial charge in [0.2, 0.25) is 5.89 Å². The fraction of sp³-hybridized carbons (Fsp3) is 0.0833. The molecule has 3 aromatic carbocycles. The molecule has 0 spiro atoms. The first-order valence-corrected chi connectivity index (χ1v) is 9.53. The molecule has 5 nitrogen and oxygen atoms in total. The summed E-state index contributed by atoms with van der Waals surface area (Å²) < 4.78 is 49.2. The number of anilines is 1. The molecule has 0 aliphatic rings. The Morgan fingerprint density at radius 1 is 0.969 bits per heavy atom. The minimum Gasteiger partial charge on any atom is -0.497 e. The largest absolute Gasteiger partial charge is 0.497 e. The van der Waals surface area contributed by atoms with E-state index >= 15 is 0 Å². The van der Waals surface area contributed by atoms with Gasteiger partial charge in [0.15, 0.2) is 5.76 Å². The predicted molar refractivity (Wildman–Crippen MR) is 113 cm³/mol. The summed E-state index contributed by atoms with van der Waals surface area (Å²) in [4.78, 5) is 17.1. The van der Waals surface area contributed by atoms with Gasteiger partial charge in [-0.1, -0.05) is 12.1 Å². The van der Waals surface area contributed by atoms with E-state index in [1.165, 1.54) is 12.1 Å². The van der Waals surface area contributed by atoms with Crippen LogP contribution in [0.25, 0.3) is 22.8 Å². The minimum atomic E-state index is -4.44. The third-order valence-corrected chi connectivity index (χ3v) is 4.75. The quantitative estimate of drug-likeness (QED) is 0.398. The van der Waals surface area contributed by atoms with Crippen LogP contribution in [0.1, 0.15) is 15.9 Å². The van der Waals surface area contributed by atoms with E-state index in [1.807, 2.05) is 12.1 Å². The van der Waals surface area contributed by atoms with Crippen molar-refractivity contribution in [2.75, 3.05) is 12.4 Å². The number of methoxy groups -OCH3 is 1. The van der Waals surface area contributed by atoms with E-state index in [9.17, 15) is 18.0 Å². The summed E-state index contributed by atoms with van der Waals surface area (Å²) in [6, 6.07) is 18.2. The number of ether oxygens (including phenoxy) is 1. The Hall–Kier alpha value is -4.07. The van der Waals surface area contributed by atoms with Crippen molar-refractivity contribution in [1.29, 1.82) is 0 Å². The topological polar surface area (TPSA) is 64.4 Å². The molecule has 162 valence electrons. The SMILES string of the molecule is COc1ccc(-c2cnc(-c3ccccc3C(=O)Nc3ccc(C(F)(F)F)cc3)o2)cc1. The highest BCUT2D eigenvalue weighted by Gasteiger charge is 2.30. The minimum absolute atomic E-state index is 0.240. The van der Waals surface area contributed by atoms with Crippen molar-refractivity contribution < 1.29 is 27.1 Å². The molecule has 0 fully saturated rings. The molecule has 0 saturated heterocycles. The van der Waals surface area contributed by atoms with Gasteiger partial charge in [0.1, 0.15) is 5.75 Å². The van der Waals surface area contributed by atoms with Crippen LogP contribution >= 0.6 is 0 Å². The second-order valence-electron chi connectivity index (χ2n) is 6.83. The number of rotatable bonds is 5. The molecule has 0 radical (unpaired) electrons. The van der Waals surface area contributed by atoms with Gasteiger partial charge < -0.3 is 14.5 Å². The van der Waals surface area contributed by atoms with Crippen LogP contribution in [0.4, 0.5) is 18.9 Å². The van der Waals surface area contributed by atoms with Gasteiger partial charge in [0.05, 0.1) is 24.4 Å². The van der Waals surface area contributed by atoms with Crippen molar-refractivity contribution in [3.63, 3.8) is 0 Å². The van der Waals surface area contributed by atoms with E-state index in [2.05, 4.69) is 10.3 Å². The number of alkyl halides is 3. The Bertz CT molecular complexity index is 1230. The van der Waals surface area contributed by atoms with Crippen LogP contribution in [0.3, 0.4) is 0 Å². The summed E-state index contributed by atoms with van der Waals surface area (Å²) in [5.74, 6) is 0.970. The Balaban J connectivity index is 1.58. The normalized spacial score (nSPS) is 11.2. The molecule has 0 aliphatic heterocycles. The number of carbonyl (C=O) groups excluding carboxylic acids is 1. The second kappa shape index (κ2) is 8.58. The molecular weight excluding hydrogens is 421 g/mol. The van der Waals surface area contributed by atoms with E-state index in [4.69, 9.17) is 9.15 Å². The van der Waals surface area contributed by atoms with Crippen LogP contribution in [0.15, 0.2) is 83.4 Å². The second-order valence-corrected chi connectivity index (χ2v) is 6.83. The first-order valence-electron chi connectivity index (χ1n) is 9.53. The lowest BCUT2D eigenvalue weighted by molar-refractivity contribution is -0.137. The van der Waals surface area contributed by atoms with Crippen molar-refractivity contribution in [3.8, 4) is 28.5 Å². The summed E-state index contributed by atoms with van der Waals surface area (Å²) in [7, 11) is 1.58. The molecule has 0 unspecified atom stereocenters. The molecular formula is C24H17F3N2O3. The third-order valence-electron chi connectivity index (χ3n) is 4.75. The fourth-order valence-corrected chi connectivity index (χ4v) is 3.10. The first-order chi connectivity index (χ1) is 15.3. The number of aromatic nitrogens is 1. The number of nitrogens with zero attached hydrogens (tertiary/aromatic N) is 1. The predicted octanol–water partition coefficient (Wildman–Crippen LogP) is 6.29. The zero-order valence-corrected chi connectivity index (χ0v) is 16.8. The Morgan fingerprint density at radius 2 is 1.66 bits per heavy atom. The average Bonchev–Trinajstić information content (AvgIpc) is 3.29. The summed E-state index contributed by atoms with van der Waals surface area (Å²) >= 11 is 0. The number of amides is 1. The zero-order chi connectivity index (χ0) is 22.7. The van der Waals surface area contributed by atoms with Gasteiger partial charge in [-0.3, -0.25) is 4.79 Å². The number of carbonyl (C=O) groups is 1. The van der Waals surface area contributed by atoms with E-state index in [0.29, 0.717) is 17.1 Å². The number of oxazole rings is 1. The van der Waals surface area contributed by atoms with Crippen LogP contribution in [0.2, 0.25) is 0 Å². The van der Waals surface area contributed by atoms with Gasteiger partial charge in [-0.05, 0) is 60.7 Å². The molecule has 32 heavy (non-hydrogen) atoms. The van der Waals surface area contributed by atoms with Crippen LogP contribution in [0.5, 0.6) is 5.75 Å². The highest BCUT2D eigenvalue weighted by Crippen LogP contribution is 2.31. The molecule has 1 amide bonds. The maximum absolute atomic E-state index is 12.8. The highest BCUT2D eigenvalue weighted by molar-refractivity contribution is 6.08. The summed E-state index contributed by atoms with van der Waals surface area (Å²) in [6.45, 7) is 0. The monoisotopic (exact) mass is 438 g/mol.